The van der Waals surface area contributed by atoms with Gasteiger partial charge < -0.3 is 38.6 Å². The Morgan fingerprint density at radius 2 is 1.69 bits per heavy atom. The van der Waals surface area contributed by atoms with Crippen molar-refractivity contribution in [3.63, 3.8) is 0 Å². The third-order valence-corrected chi connectivity index (χ3v) is 11.7. The standard InChI is InChI=1S/C38H63N3O10/c1-14-25-19-39-34(44)50-37(9)18-21(3)28(42)24(6)30-38(10,51-35(45)41(30)20-25)27(15-2)48-33(43)36(7,8)17-22(4)31(37)49-32-29(46-13)26(40(11)12)16-23(5)47-32/h14,21-24,26-27,29-32H,15-20H2,1-13H3,(H,39,44)/b25-14+/t21-,22+,23-,24+,26+,27-,29-,30-,31-,32+,37-,38-/m1/s1. The number of nitrogens with one attached hydrogen (secondary N) is 1. The number of carbonyl (C=O) groups excluding carboxylic acids is 4. The van der Waals surface area contributed by atoms with Crippen LogP contribution in [0.2, 0.25) is 0 Å². The molecule has 4 rings (SSSR count). The SMILES string of the molecule is C/C=C1\CNC(=O)O[C@]2(C)C[C@@H](C)C(=O)[C@H](C)[C@H]3N(C1)C(=O)O[C@]3(C)[C@@H](CC)OC(=O)C(C)(C)C[C@H](C)[C@H]2O[C@@H]1O[C@H](C)C[C@H](N(C)C)[C@H]1OC. The number of rotatable bonds is 5. The van der Waals surface area contributed by atoms with Gasteiger partial charge in [0.1, 0.15) is 29.7 Å². The van der Waals surface area contributed by atoms with Gasteiger partial charge in [0.05, 0.1) is 17.6 Å². The predicted molar refractivity (Wildman–Crippen MR) is 190 cm³/mol. The lowest BCUT2D eigenvalue weighted by Crippen LogP contribution is -2.60. The van der Waals surface area contributed by atoms with Gasteiger partial charge in [-0.2, -0.15) is 0 Å². The Labute approximate surface area is 304 Å². The van der Waals surface area contributed by atoms with E-state index in [9.17, 15) is 19.2 Å². The summed E-state index contributed by atoms with van der Waals surface area (Å²) < 4.78 is 38.3. The van der Waals surface area contributed by atoms with E-state index in [2.05, 4.69) is 10.2 Å². The third kappa shape index (κ3) is 8.26. The summed E-state index contributed by atoms with van der Waals surface area (Å²) in [6.45, 7) is 18.6. The summed E-state index contributed by atoms with van der Waals surface area (Å²) in [5.74, 6) is -2.40. The maximum Gasteiger partial charge on any atom is 0.411 e. The Balaban J connectivity index is 1.94. The van der Waals surface area contributed by atoms with Crippen LogP contribution in [0.15, 0.2) is 11.6 Å². The highest BCUT2D eigenvalue weighted by atomic mass is 16.7. The van der Waals surface area contributed by atoms with Crippen LogP contribution in [0.5, 0.6) is 0 Å². The molecule has 13 nitrogen and oxygen atoms in total. The Morgan fingerprint density at radius 1 is 1.02 bits per heavy atom. The summed E-state index contributed by atoms with van der Waals surface area (Å²) >= 11 is 0. The minimum absolute atomic E-state index is 0.0266. The maximum absolute atomic E-state index is 14.6. The number of hydrogen-bond acceptors (Lipinski definition) is 11. The minimum Gasteiger partial charge on any atom is -0.458 e. The zero-order valence-electron chi connectivity index (χ0n) is 33.1. The van der Waals surface area contributed by atoms with Crippen molar-refractivity contribution in [3.05, 3.63) is 11.6 Å². The molecule has 4 fully saturated rings. The van der Waals surface area contributed by atoms with E-state index in [0.717, 1.165) is 6.42 Å². The molecule has 0 saturated carbocycles. The zero-order chi connectivity index (χ0) is 38.2. The molecule has 290 valence electrons. The van der Waals surface area contributed by atoms with Crippen LogP contribution < -0.4 is 5.32 Å². The van der Waals surface area contributed by atoms with E-state index in [1.807, 2.05) is 68.6 Å². The average Bonchev–Trinajstić information content (AvgIpc) is 3.30. The van der Waals surface area contributed by atoms with Crippen molar-refractivity contribution in [2.45, 2.75) is 149 Å². The predicted octanol–water partition coefficient (Wildman–Crippen LogP) is 5.10. The Morgan fingerprint density at radius 3 is 2.27 bits per heavy atom. The first-order chi connectivity index (χ1) is 23.7. The van der Waals surface area contributed by atoms with Crippen LogP contribution in [-0.2, 0) is 38.0 Å². The fourth-order valence-electron chi connectivity index (χ4n) is 9.16. The molecule has 2 bridgehead atoms. The Hall–Kier alpha value is -2.74. The van der Waals surface area contributed by atoms with Gasteiger partial charge in [0, 0.05) is 38.1 Å². The Bertz CT molecular complexity index is 1340. The topological polar surface area (TPSA) is 142 Å². The first-order valence-electron chi connectivity index (χ1n) is 18.6. The number of hydrogen-bond donors (Lipinski definition) is 1. The summed E-state index contributed by atoms with van der Waals surface area (Å²) in [4.78, 5) is 60.0. The number of methoxy groups -OCH3 is 1. The van der Waals surface area contributed by atoms with Crippen LogP contribution in [0, 0.1) is 23.2 Å². The molecule has 13 heteroatoms. The highest BCUT2D eigenvalue weighted by Gasteiger charge is 2.61. The van der Waals surface area contributed by atoms with E-state index in [4.69, 9.17) is 28.4 Å². The van der Waals surface area contributed by atoms with Crippen LogP contribution in [-0.4, -0.2) is 122 Å². The number of likely N-dealkylation sites (N-methyl/N-ethyl adjacent to an activating group) is 1. The fourth-order valence-corrected chi connectivity index (χ4v) is 9.16. The van der Waals surface area contributed by atoms with Crippen molar-refractivity contribution in [3.8, 4) is 0 Å². The number of alkyl carbamates (subject to hydrolysis) is 1. The molecule has 12 atom stereocenters. The number of nitrogens with zero attached hydrogens (tertiary/aromatic N) is 2. The number of esters is 1. The van der Waals surface area contributed by atoms with Crippen LogP contribution >= 0.6 is 0 Å². The number of fused-ring (bicyclic) bond motifs is 4. The van der Waals surface area contributed by atoms with Gasteiger partial charge in [0.15, 0.2) is 11.9 Å². The van der Waals surface area contributed by atoms with Gasteiger partial charge in [-0.25, -0.2) is 9.59 Å². The van der Waals surface area contributed by atoms with Crippen molar-refractivity contribution < 1.29 is 47.6 Å². The van der Waals surface area contributed by atoms with Crippen LogP contribution in [0.25, 0.3) is 0 Å². The van der Waals surface area contributed by atoms with E-state index in [1.54, 1.807) is 32.8 Å². The number of allylic oxidation sites excluding steroid dienone is 1. The molecule has 0 unspecified atom stereocenters. The second kappa shape index (κ2) is 15.7. The molecular formula is C38H63N3O10. The van der Waals surface area contributed by atoms with E-state index in [1.165, 1.54) is 0 Å². The molecule has 0 aromatic carbocycles. The summed E-state index contributed by atoms with van der Waals surface area (Å²) in [7, 11) is 5.60. The third-order valence-electron chi connectivity index (χ3n) is 11.7. The smallest absolute Gasteiger partial charge is 0.411 e. The van der Waals surface area contributed by atoms with E-state index < -0.39 is 83.2 Å². The van der Waals surface area contributed by atoms with Crippen molar-refractivity contribution >= 4 is 23.9 Å². The van der Waals surface area contributed by atoms with Crippen LogP contribution in [0.3, 0.4) is 0 Å². The van der Waals surface area contributed by atoms with E-state index in [0.29, 0.717) is 12.0 Å². The fraction of sp³-hybridized carbons (Fsp3) is 0.842. The molecule has 4 aliphatic heterocycles. The highest BCUT2D eigenvalue weighted by Crippen LogP contribution is 2.45. The molecule has 4 saturated heterocycles. The second-order valence-corrected chi connectivity index (χ2v) is 16.6. The van der Waals surface area contributed by atoms with E-state index >= 15 is 0 Å². The van der Waals surface area contributed by atoms with Gasteiger partial charge >= 0.3 is 18.2 Å². The lowest BCUT2D eigenvalue weighted by Gasteiger charge is -2.48. The molecule has 0 aromatic heterocycles. The molecule has 0 aromatic rings. The van der Waals surface area contributed by atoms with Crippen molar-refractivity contribution in [2.24, 2.45) is 23.2 Å². The molecule has 4 heterocycles. The van der Waals surface area contributed by atoms with Gasteiger partial charge in [-0.1, -0.05) is 33.8 Å². The van der Waals surface area contributed by atoms with Gasteiger partial charge in [-0.05, 0) is 92.8 Å². The quantitative estimate of drug-likeness (QED) is 0.230. The molecule has 2 amide bonds. The number of carbonyl (C=O) groups is 4. The molecule has 0 radical (unpaired) electrons. The Kier molecular flexibility index (Phi) is 12.6. The first kappa shape index (κ1) is 41.0. The normalized spacial score (nSPS) is 42.1. The highest BCUT2D eigenvalue weighted by molar-refractivity contribution is 5.85. The molecular weight excluding hydrogens is 658 g/mol. The lowest BCUT2D eigenvalue weighted by molar-refractivity contribution is -0.299. The molecule has 0 aliphatic carbocycles. The van der Waals surface area contributed by atoms with Gasteiger partial charge in [-0.15, -0.1) is 0 Å². The maximum atomic E-state index is 14.6. The number of ketones is 1. The summed E-state index contributed by atoms with van der Waals surface area (Å²) in [6, 6.07) is -0.794. The number of Topliss-reactive ketones (excluding diaryl/α,β-unsaturated/α-hetero) is 1. The largest absolute Gasteiger partial charge is 0.458 e. The summed E-state index contributed by atoms with van der Waals surface area (Å²) in [6.07, 6.45) is -1.20. The monoisotopic (exact) mass is 721 g/mol. The first-order valence-corrected chi connectivity index (χ1v) is 18.6. The van der Waals surface area contributed by atoms with Crippen LogP contribution in [0.4, 0.5) is 9.59 Å². The summed E-state index contributed by atoms with van der Waals surface area (Å²) in [5.41, 5.74) is -3.05. The molecule has 0 spiro atoms. The van der Waals surface area contributed by atoms with Crippen LogP contribution in [0.1, 0.15) is 94.9 Å². The van der Waals surface area contributed by atoms with Gasteiger partial charge in [0.25, 0.3) is 0 Å². The molecule has 4 aliphatic rings. The minimum atomic E-state index is -1.39. The second-order valence-electron chi connectivity index (χ2n) is 16.6. The zero-order valence-corrected chi connectivity index (χ0v) is 33.1. The van der Waals surface area contributed by atoms with Crippen molar-refractivity contribution in [2.75, 3.05) is 34.3 Å². The van der Waals surface area contributed by atoms with E-state index in [-0.39, 0.29) is 43.9 Å². The summed E-state index contributed by atoms with van der Waals surface area (Å²) in [5, 5.41) is 2.89. The molecule has 51 heavy (non-hydrogen) atoms. The molecule has 1 N–H and O–H groups in total. The van der Waals surface area contributed by atoms with Gasteiger partial charge in [0.2, 0.25) is 0 Å². The van der Waals surface area contributed by atoms with Crippen molar-refractivity contribution in [1.82, 2.24) is 15.1 Å². The lowest BCUT2D eigenvalue weighted by atomic mass is 9.72. The number of amides is 2. The average molecular weight is 722 g/mol. The number of ether oxygens (including phenoxy) is 6. The van der Waals surface area contributed by atoms with Gasteiger partial charge in [-0.3, -0.25) is 14.5 Å². The van der Waals surface area contributed by atoms with Crippen molar-refractivity contribution in [1.29, 1.82) is 0 Å². The number of cyclic esters (lactones) is 1.